The van der Waals surface area contributed by atoms with Gasteiger partial charge >= 0.3 is 5.97 Å². The summed E-state index contributed by atoms with van der Waals surface area (Å²) >= 11 is 0. The first-order valence-electron chi connectivity index (χ1n) is 9.65. The smallest absolute Gasteiger partial charge is 0.335 e. The van der Waals surface area contributed by atoms with Crippen LogP contribution in [0.1, 0.15) is 38.3 Å². The van der Waals surface area contributed by atoms with Crippen molar-refractivity contribution in [1.82, 2.24) is 4.90 Å². The number of nitrogens with zero attached hydrogens (tertiary/aromatic N) is 1. The Balaban J connectivity index is 1.86. The molecular formula is C21H31NO6. The van der Waals surface area contributed by atoms with E-state index in [1.807, 2.05) is 12.1 Å². The molecule has 0 saturated carbocycles. The molecule has 0 aromatic heterocycles. The number of esters is 1. The summed E-state index contributed by atoms with van der Waals surface area (Å²) in [5.41, 5.74) is 2.14. The maximum Gasteiger partial charge on any atom is 0.335 e. The molecule has 0 N–H and O–H groups in total. The molecule has 1 aromatic rings. The minimum Gasteiger partial charge on any atom is -0.493 e. The van der Waals surface area contributed by atoms with E-state index in [0.29, 0.717) is 43.5 Å². The first-order valence-corrected chi connectivity index (χ1v) is 9.65. The number of hydrogen-bond acceptors (Lipinski definition) is 6. The second-order valence-electron chi connectivity index (χ2n) is 7.34. The summed E-state index contributed by atoms with van der Waals surface area (Å²) < 4.78 is 21.3. The summed E-state index contributed by atoms with van der Waals surface area (Å²) in [4.78, 5) is 26.2. The Morgan fingerprint density at radius 2 is 1.71 bits per heavy atom. The van der Waals surface area contributed by atoms with Gasteiger partial charge in [-0.05, 0) is 48.9 Å². The van der Waals surface area contributed by atoms with Gasteiger partial charge in [0.1, 0.15) is 0 Å². The second kappa shape index (κ2) is 10.3. The molecule has 1 heterocycles. The summed E-state index contributed by atoms with van der Waals surface area (Å²) in [6, 6.07) is 3.84. The van der Waals surface area contributed by atoms with Gasteiger partial charge in [-0.15, -0.1) is 0 Å². The molecule has 2 rings (SSSR count). The molecule has 1 atom stereocenters. The Morgan fingerprint density at radius 3 is 2.32 bits per heavy atom. The average Bonchev–Trinajstić information content (AvgIpc) is 2.69. The van der Waals surface area contributed by atoms with Crippen LogP contribution in [0.3, 0.4) is 0 Å². The van der Waals surface area contributed by atoms with E-state index in [9.17, 15) is 9.59 Å². The highest BCUT2D eigenvalue weighted by Gasteiger charge is 2.24. The third-order valence-electron chi connectivity index (χ3n) is 4.80. The molecule has 0 aliphatic carbocycles. The molecule has 7 nitrogen and oxygen atoms in total. The zero-order chi connectivity index (χ0) is 20.7. The van der Waals surface area contributed by atoms with E-state index >= 15 is 0 Å². The van der Waals surface area contributed by atoms with E-state index in [1.165, 1.54) is 0 Å². The van der Waals surface area contributed by atoms with Crippen LogP contribution in [-0.4, -0.2) is 56.9 Å². The molecule has 156 valence electrons. The van der Waals surface area contributed by atoms with Crippen molar-refractivity contribution in [2.24, 2.45) is 5.92 Å². The number of carbonyl (C=O) groups is 2. The van der Waals surface area contributed by atoms with Crippen LogP contribution in [0.4, 0.5) is 0 Å². The fourth-order valence-corrected chi connectivity index (χ4v) is 2.99. The maximum atomic E-state index is 12.5. The van der Waals surface area contributed by atoms with Crippen LogP contribution in [0.2, 0.25) is 0 Å². The molecule has 0 saturated heterocycles. The fourth-order valence-electron chi connectivity index (χ4n) is 2.99. The van der Waals surface area contributed by atoms with E-state index in [0.717, 1.165) is 17.5 Å². The lowest BCUT2D eigenvalue weighted by atomic mass is 9.99. The van der Waals surface area contributed by atoms with Crippen molar-refractivity contribution in [3.05, 3.63) is 23.3 Å². The van der Waals surface area contributed by atoms with Crippen molar-refractivity contribution >= 4 is 11.9 Å². The number of rotatable bonds is 9. The lowest BCUT2D eigenvalue weighted by molar-refractivity contribution is -0.161. The maximum absolute atomic E-state index is 12.5. The highest BCUT2D eigenvalue weighted by atomic mass is 16.6. The van der Waals surface area contributed by atoms with Crippen molar-refractivity contribution in [3.63, 3.8) is 0 Å². The summed E-state index contributed by atoms with van der Waals surface area (Å²) in [6.45, 7) is 7.06. The van der Waals surface area contributed by atoms with Crippen LogP contribution in [-0.2, 0) is 32.0 Å². The molecule has 1 aliphatic heterocycles. The average molecular weight is 393 g/mol. The van der Waals surface area contributed by atoms with Crippen LogP contribution in [0.5, 0.6) is 11.5 Å². The monoisotopic (exact) mass is 393 g/mol. The summed E-state index contributed by atoms with van der Waals surface area (Å²) in [5, 5.41) is 0. The minimum atomic E-state index is -0.676. The van der Waals surface area contributed by atoms with E-state index in [1.54, 1.807) is 26.0 Å². The van der Waals surface area contributed by atoms with Gasteiger partial charge in [-0.1, -0.05) is 13.8 Å². The molecule has 0 fully saturated rings. The zero-order valence-corrected chi connectivity index (χ0v) is 17.4. The summed E-state index contributed by atoms with van der Waals surface area (Å²) in [6.07, 6.45) is 0.910. The zero-order valence-electron chi connectivity index (χ0n) is 17.4. The Morgan fingerprint density at radius 1 is 1.07 bits per heavy atom. The molecule has 0 spiro atoms. The van der Waals surface area contributed by atoms with Crippen LogP contribution in [0.25, 0.3) is 0 Å². The summed E-state index contributed by atoms with van der Waals surface area (Å²) in [7, 11) is 3.19. The highest BCUT2D eigenvalue weighted by Crippen LogP contribution is 2.33. The van der Waals surface area contributed by atoms with Crippen molar-refractivity contribution < 1.29 is 28.5 Å². The van der Waals surface area contributed by atoms with Crippen LogP contribution in [0, 0.1) is 5.92 Å². The molecule has 1 aromatic carbocycles. The Kier molecular flexibility index (Phi) is 8.11. The minimum absolute atomic E-state index is 0.219. The highest BCUT2D eigenvalue weighted by molar-refractivity contribution is 5.82. The Labute approximate surface area is 166 Å². The van der Waals surface area contributed by atoms with Crippen molar-refractivity contribution in [1.29, 1.82) is 0 Å². The Bertz CT molecular complexity index is 688. The van der Waals surface area contributed by atoms with Crippen molar-refractivity contribution in [2.75, 3.05) is 34.0 Å². The van der Waals surface area contributed by atoms with Crippen molar-refractivity contribution in [2.45, 2.75) is 46.3 Å². The number of ether oxygens (including phenoxy) is 4. The van der Waals surface area contributed by atoms with Gasteiger partial charge in [0, 0.05) is 19.7 Å². The molecular weight excluding hydrogens is 362 g/mol. The number of amides is 1. The van der Waals surface area contributed by atoms with E-state index in [-0.39, 0.29) is 12.5 Å². The predicted molar refractivity (Wildman–Crippen MR) is 104 cm³/mol. The van der Waals surface area contributed by atoms with Gasteiger partial charge in [0.25, 0.3) is 5.91 Å². The lowest BCUT2D eigenvalue weighted by Gasteiger charge is -2.29. The molecule has 28 heavy (non-hydrogen) atoms. The third-order valence-corrected chi connectivity index (χ3v) is 4.80. The van der Waals surface area contributed by atoms with Gasteiger partial charge in [-0.2, -0.15) is 0 Å². The van der Waals surface area contributed by atoms with E-state index in [4.69, 9.17) is 18.9 Å². The number of fused-ring (bicyclic) bond motifs is 1. The number of carbonyl (C=O) groups excluding carboxylic acids is 2. The van der Waals surface area contributed by atoms with E-state index in [2.05, 4.69) is 13.8 Å². The molecule has 0 radical (unpaired) electrons. The van der Waals surface area contributed by atoms with Gasteiger partial charge < -0.3 is 23.8 Å². The Hall–Kier alpha value is -2.28. The van der Waals surface area contributed by atoms with Crippen molar-refractivity contribution in [3.8, 4) is 11.5 Å². The van der Waals surface area contributed by atoms with Gasteiger partial charge in [0.05, 0.1) is 14.2 Å². The molecule has 0 bridgehead atoms. The quantitative estimate of drug-likeness (QED) is 0.601. The van der Waals surface area contributed by atoms with Crippen LogP contribution in [0.15, 0.2) is 12.1 Å². The second-order valence-corrected chi connectivity index (χ2v) is 7.34. The van der Waals surface area contributed by atoms with Gasteiger partial charge in [-0.3, -0.25) is 4.79 Å². The summed E-state index contributed by atoms with van der Waals surface area (Å²) in [5.74, 6) is 1.09. The third kappa shape index (κ3) is 5.86. The first-order chi connectivity index (χ1) is 13.3. The van der Waals surface area contributed by atoms with Gasteiger partial charge in [0.15, 0.2) is 24.2 Å². The molecule has 7 heteroatoms. The first kappa shape index (κ1) is 22.0. The van der Waals surface area contributed by atoms with Gasteiger partial charge in [-0.25, -0.2) is 4.79 Å². The van der Waals surface area contributed by atoms with Gasteiger partial charge in [0.2, 0.25) is 0 Å². The number of benzene rings is 1. The fraction of sp³-hybridized carbons (Fsp3) is 0.619. The predicted octanol–water partition coefficient (Wildman–Crippen LogP) is 2.58. The SMILES string of the molecule is COc1cc2c(cc1OC)CN(C(=O)COC(=O)C(C)OCCC(C)C)CC2. The van der Waals surface area contributed by atoms with E-state index < -0.39 is 12.1 Å². The number of methoxy groups -OCH3 is 2. The topological polar surface area (TPSA) is 74.3 Å². The standard InChI is InChI=1S/C21H31NO6/c1-14(2)7-9-27-15(3)21(24)28-13-20(23)22-8-6-16-10-18(25-4)19(26-5)11-17(16)12-22/h10-11,14-15H,6-9,12-13H2,1-5H3. The molecule has 1 aliphatic rings. The lowest BCUT2D eigenvalue weighted by Crippen LogP contribution is -2.39. The largest absolute Gasteiger partial charge is 0.493 e. The number of hydrogen-bond donors (Lipinski definition) is 0. The molecule has 1 unspecified atom stereocenters. The molecule has 1 amide bonds. The van der Waals surface area contributed by atoms with Crippen LogP contribution >= 0.6 is 0 Å². The normalized spacial score (nSPS) is 14.4. The van der Waals surface area contributed by atoms with Crippen LogP contribution < -0.4 is 9.47 Å².